The first-order valence-electron chi connectivity index (χ1n) is 9.83. The van der Waals surface area contributed by atoms with Crippen LogP contribution >= 0.6 is 0 Å². The van der Waals surface area contributed by atoms with Crippen LogP contribution in [0.3, 0.4) is 0 Å². The second kappa shape index (κ2) is 8.13. The number of piperazine rings is 1. The summed E-state index contributed by atoms with van der Waals surface area (Å²) in [5, 5.41) is 8.93. The summed E-state index contributed by atoms with van der Waals surface area (Å²) in [5.74, 6) is 2.38. The van der Waals surface area contributed by atoms with Crippen molar-refractivity contribution in [1.29, 1.82) is 0 Å². The van der Waals surface area contributed by atoms with Crippen molar-refractivity contribution in [3.05, 3.63) is 30.3 Å². The molecule has 0 N–H and O–H groups in total. The van der Waals surface area contributed by atoms with E-state index in [9.17, 15) is 0 Å². The lowest BCUT2D eigenvalue weighted by Crippen LogP contribution is -2.50. The van der Waals surface area contributed by atoms with Crippen molar-refractivity contribution < 1.29 is 9.47 Å². The van der Waals surface area contributed by atoms with E-state index in [4.69, 9.17) is 9.47 Å². The Balaban J connectivity index is 1.42. The maximum absolute atomic E-state index is 5.38. The third-order valence-corrected chi connectivity index (χ3v) is 5.81. The highest BCUT2D eigenvalue weighted by Crippen LogP contribution is 2.32. The van der Waals surface area contributed by atoms with Gasteiger partial charge in [-0.25, -0.2) is 0 Å². The summed E-state index contributed by atoms with van der Waals surface area (Å²) in [7, 11) is 3.28. The van der Waals surface area contributed by atoms with Crippen LogP contribution in [0, 0.1) is 0 Å². The first-order chi connectivity index (χ1) is 13.3. The van der Waals surface area contributed by atoms with Crippen LogP contribution in [0.4, 0.5) is 5.82 Å². The highest BCUT2D eigenvalue weighted by atomic mass is 16.5. The summed E-state index contributed by atoms with van der Waals surface area (Å²) in [6.07, 6.45) is 5.54. The van der Waals surface area contributed by atoms with E-state index in [2.05, 4.69) is 26.1 Å². The molecule has 4 rings (SSSR count). The second-order valence-corrected chi connectivity index (χ2v) is 7.31. The lowest BCUT2D eigenvalue weighted by Gasteiger charge is -2.38. The molecule has 0 amide bonds. The Kier molecular flexibility index (Phi) is 5.43. The zero-order valence-corrected chi connectivity index (χ0v) is 16.2. The van der Waals surface area contributed by atoms with E-state index in [0.29, 0.717) is 11.5 Å². The number of hydrogen-bond donors (Lipinski definition) is 0. The van der Waals surface area contributed by atoms with Gasteiger partial charge < -0.3 is 14.4 Å². The Labute approximate surface area is 161 Å². The monoisotopic (exact) mass is 368 g/mol. The third-order valence-electron chi connectivity index (χ3n) is 5.81. The normalized spacial score (nSPS) is 18.7. The molecule has 0 bridgehead atoms. The lowest BCUT2D eigenvalue weighted by atomic mass is 10.1. The highest BCUT2D eigenvalue weighted by molar-refractivity contribution is 5.64. The molecular formula is C21H28N4O2. The Morgan fingerprint density at radius 1 is 0.852 bits per heavy atom. The Morgan fingerprint density at radius 3 is 2.22 bits per heavy atom. The highest BCUT2D eigenvalue weighted by Gasteiger charge is 2.26. The van der Waals surface area contributed by atoms with Gasteiger partial charge in [0.05, 0.1) is 19.9 Å². The first-order valence-corrected chi connectivity index (χ1v) is 9.83. The topological polar surface area (TPSA) is 50.7 Å². The number of methoxy groups -OCH3 is 2. The van der Waals surface area contributed by atoms with Crippen molar-refractivity contribution >= 4 is 5.82 Å². The fraction of sp³-hybridized carbons (Fsp3) is 0.524. The van der Waals surface area contributed by atoms with Crippen LogP contribution in [0.1, 0.15) is 25.7 Å². The smallest absolute Gasteiger partial charge is 0.161 e. The Morgan fingerprint density at radius 2 is 1.59 bits per heavy atom. The van der Waals surface area contributed by atoms with E-state index >= 15 is 0 Å². The summed E-state index contributed by atoms with van der Waals surface area (Å²) in [6, 6.07) is 10.7. The second-order valence-electron chi connectivity index (χ2n) is 7.31. The minimum absolute atomic E-state index is 0.698. The van der Waals surface area contributed by atoms with Gasteiger partial charge in [0, 0.05) is 37.8 Å². The SMILES string of the molecule is COc1ccc(-c2ccc(N3CCN(C4CCCC4)CC3)nn2)cc1OC. The van der Waals surface area contributed by atoms with Crippen LogP contribution in [0.5, 0.6) is 11.5 Å². The van der Waals surface area contributed by atoms with E-state index < -0.39 is 0 Å². The summed E-state index contributed by atoms with van der Waals surface area (Å²) < 4.78 is 10.7. The van der Waals surface area contributed by atoms with E-state index in [1.54, 1.807) is 14.2 Å². The predicted octanol–water partition coefficient (Wildman–Crippen LogP) is 3.23. The predicted molar refractivity (Wildman–Crippen MR) is 107 cm³/mol. The molecule has 27 heavy (non-hydrogen) atoms. The number of ether oxygens (including phenoxy) is 2. The Bertz CT molecular complexity index is 751. The molecule has 1 aromatic carbocycles. The molecule has 2 fully saturated rings. The van der Waals surface area contributed by atoms with Crippen molar-refractivity contribution in [2.75, 3.05) is 45.3 Å². The number of rotatable bonds is 5. The van der Waals surface area contributed by atoms with Gasteiger partial charge in [-0.05, 0) is 43.2 Å². The fourth-order valence-electron chi connectivity index (χ4n) is 4.23. The van der Waals surface area contributed by atoms with Gasteiger partial charge in [-0.1, -0.05) is 12.8 Å². The standard InChI is InChI=1S/C21H28N4O2/c1-26-19-9-7-16(15-20(19)27-2)18-8-10-21(23-22-18)25-13-11-24(12-14-25)17-5-3-4-6-17/h7-10,15,17H,3-6,11-14H2,1-2H3. The average molecular weight is 368 g/mol. The molecular weight excluding hydrogens is 340 g/mol. The van der Waals surface area contributed by atoms with Crippen LogP contribution in [-0.2, 0) is 0 Å². The minimum Gasteiger partial charge on any atom is -0.493 e. The largest absolute Gasteiger partial charge is 0.493 e. The molecule has 0 unspecified atom stereocenters. The number of hydrogen-bond acceptors (Lipinski definition) is 6. The molecule has 144 valence electrons. The first kappa shape index (κ1) is 18.0. The number of nitrogens with zero attached hydrogens (tertiary/aromatic N) is 4. The quantitative estimate of drug-likeness (QED) is 0.808. The number of aromatic nitrogens is 2. The van der Waals surface area contributed by atoms with Crippen LogP contribution in [0.15, 0.2) is 30.3 Å². The van der Waals surface area contributed by atoms with Crippen molar-refractivity contribution in [2.24, 2.45) is 0 Å². The molecule has 1 saturated carbocycles. The molecule has 1 aromatic heterocycles. The zero-order chi connectivity index (χ0) is 18.6. The van der Waals surface area contributed by atoms with Gasteiger partial charge in [0.15, 0.2) is 17.3 Å². The summed E-state index contributed by atoms with van der Waals surface area (Å²) in [4.78, 5) is 5.01. The zero-order valence-electron chi connectivity index (χ0n) is 16.2. The summed E-state index contributed by atoms with van der Waals surface area (Å²) in [5.41, 5.74) is 1.81. The van der Waals surface area contributed by atoms with E-state index in [1.165, 1.54) is 25.7 Å². The molecule has 2 aromatic rings. The molecule has 2 heterocycles. The molecule has 1 aliphatic heterocycles. The maximum Gasteiger partial charge on any atom is 0.161 e. The van der Waals surface area contributed by atoms with Gasteiger partial charge in [0.2, 0.25) is 0 Å². The van der Waals surface area contributed by atoms with Crippen LogP contribution in [0.2, 0.25) is 0 Å². The van der Waals surface area contributed by atoms with Crippen molar-refractivity contribution in [1.82, 2.24) is 15.1 Å². The molecule has 0 spiro atoms. The van der Waals surface area contributed by atoms with Crippen LogP contribution < -0.4 is 14.4 Å². The van der Waals surface area contributed by atoms with E-state index in [1.807, 2.05) is 24.3 Å². The molecule has 6 nitrogen and oxygen atoms in total. The molecule has 2 aliphatic rings. The van der Waals surface area contributed by atoms with Crippen molar-refractivity contribution in [2.45, 2.75) is 31.7 Å². The van der Waals surface area contributed by atoms with Gasteiger partial charge in [-0.2, -0.15) is 0 Å². The van der Waals surface area contributed by atoms with Crippen molar-refractivity contribution in [3.8, 4) is 22.8 Å². The van der Waals surface area contributed by atoms with Gasteiger partial charge in [-0.3, -0.25) is 4.90 Å². The maximum atomic E-state index is 5.38. The minimum atomic E-state index is 0.698. The molecule has 0 atom stereocenters. The van der Waals surface area contributed by atoms with Gasteiger partial charge in [-0.15, -0.1) is 10.2 Å². The van der Waals surface area contributed by atoms with Gasteiger partial charge >= 0.3 is 0 Å². The van der Waals surface area contributed by atoms with E-state index in [-0.39, 0.29) is 0 Å². The summed E-state index contributed by atoms with van der Waals surface area (Å²) >= 11 is 0. The Hall–Kier alpha value is -2.34. The van der Waals surface area contributed by atoms with Crippen molar-refractivity contribution in [3.63, 3.8) is 0 Å². The number of benzene rings is 1. The lowest BCUT2D eigenvalue weighted by molar-refractivity contribution is 0.187. The van der Waals surface area contributed by atoms with Crippen LogP contribution in [0.25, 0.3) is 11.3 Å². The molecule has 6 heteroatoms. The molecule has 0 radical (unpaired) electrons. The molecule has 1 aliphatic carbocycles. The van der Waals surface area contributed by atoms with Gasteiger partial charge in [0.25, 0.3) is 0 Å². The van der Waals surface area contributed by atoms with Crippen LogP contribution in [-0.4, -0.2) is 61.5 Å². The molecule has 1 saturated heterocycles. The van der Waals surface area contributed by atoms with E-state index in [0.717, 1.165) is 49.3 Å². The van der Waals surface area contributed by atoms with Gasteiger partial charge in [0.1, 0.15) is 0 Å². The number of anilines is 1. The summed E-state index contributed by atoms with van der Waals surface area (Å²) in [6.45, 7) is 4.31. The average Bonchev–Trinajstić information content (AvgIpc) is 3.28. The third kappa shape index (κ3) is 3.86. The fourth-order valence-corrected chi connectivity index (χ4v) is 4.23.